The largest absolute Gasteiger partial charge is 0.453 e. The number of hydrogen-bond donors (Lipinski definition) is 0. The summed E-state index contributed by atoms with van der Waals surface area (Å²) in [6, 6.07) is 9.17. The van der Waals surface area contributed by atoms with Crippen LogP contribution in [0.3, 0.4) is 0 Å². The van der Waals surface area contributed by atoms with Crippen LogP contribution in [0.25, 0.3) is 22.5 Å². The predicted molar refractivity (Wildman–Crippen MR) is 96.7 cm³/mol. The molecule has 0 N–H and O–H groups in total. The van der Waals surface area contributed by atoms with Gasteiger partial charge in [0.25, 0.3) is 0 Å². The van der Waals surface area contributed by atoms with E-state index in [1.807, 2.05) is 24.3 Å². The van der Waals surface area contributed by atoms with E-state index in [0.717, 1.165) is 5.39 Å². The number of ether oxygens (including phenoxy) is 1. The van der Waals surface area contributed by atoms with E-state index in [1.54, 1.807) is 13.0 Å². The molecular formula is C20H14N2O5. The van der Waals surface area contributed by atoms with Crippen molar-refractivity contribution in [2.45, 2.75) is 13.8 Å². The molecule has 27 heavy (non-hydrogen) atoms. The van der Waals surface area contributed by atoms with Gasteiger partial charge >= 0.3 is 11.6 Å². The maximum absolute atomic E-state index is 12.7. The lowest BCUT2D eigenvalue weighted by Crippen LogP contribution is -2.19. The highest BCUT2D eigenvalue weighted by Gasteiger charge is 2.24. The highest BCUT2D eigenvalue weighted by molar-refractivity contribution is 5.95. The van der Waals surface area contributed by atoms with Crippen LogP contribution >= 0.6 is 0 Å². The number of rotatable bonds is 3. The average Bonchev–Trinajstić information content (AvgIpc) is 3.09. The van der Waals surface area contributed by atoms with Gasteiger partial charge in [-0.2, -0.15) is 0 Å². The first-order valence-corrected chi connectivity index (χ1v) is 8.16. The van der Waals surface area contributed by atoms with Gasteiger partial charge in [-0.25, -0.2) is 14.6 Å². The fourth-order valence-electron chi connectivity index (χ4n) is 2.86. The van der Waals surface area contributed by atoms with Crippen molar-refractivity contribution in [3.63, 3.8) is 0 Å². The Hall–Kier alpha value is -3.74. The number of nitrogens with zero attached hydrogens (tertiary/aromatic N) is 2. The number of fused-ring (bicyclic) bond motifs is 1. The van der Waals surface area contributed by atoms with Crippen molar-refractivity contribution in [2.24, 2.45) is 0 Å². The second-order valence-electron chi connectivity index (χ2n) is 5.93. The third-order valence-corrected chi connectivity index (χ3v) is 4.18. The number of hydrogen-bond acceptors (Lipinski definition) is 7. The molecule has 0 atom stereocenters. The molecule has 0 spiro atoms. The molecule has 0 amide bonds. The molecule has 4 rings (SSSR count). The first-order valence-electron chi connectivity index (χ1n) is 8.16. The van der Waals surface area contributed by atoms with Crippen molar-refractivity contribution in [2.75, 3.05) is 0 Å². The molecule has 0 fully saturated rings. The zero-order valence-electron chi connectivity index (χ0n) is 14.6. The van der Waals surface area contributed by atoms with E-state index in [4.69, 9.17) is 13.6 Å². The molecule has 7 heteroatoms. The molecule has 4 aromatic rings. The van der Waals surface area contributed by atoms with Gasteiger partial charge in [0.1, 0.15) is 5.58 Å². The molecule has 0 aliphatic heterocycles. The highest BCUT2D eigenvalue weighted by Crippen LogP contribution is 2.31. The van der Waals surface area contributed by atoms with Crippen LogP contribution in [-0.4, -0.2) is 15.9 Å². The molecule has 0 unspecified atom stereocenters. The maximum Gasteiger partial charge on any atom is 0.345 e. The smallest absolute Gasteiger partial charge is 0.345 e. The molecule has 7 nitrogen and oxygen atoms in total. The van der Waals surface area contributed by atoms with Crippen molar-refractivity contribution < 1.29 is 18.4 Å². The summed E-state index contributed by atoms with van der Waals surface area (Å²) >= 11 is 0. The lowest BCUT2D eigenvalue weighted by molar-refractivity contribution is 0.0724. The van der Waals surface area contributed by atoms with E-state index in [0.29, 0.717) is 16.9 Å². The van der Waals surface area contributed by atoms with E-state index in [2.05, 4.69) is 9.97 Å². The van der Waals surface area contributed by atoms with Gasteiger partial charge in [-0.05, 0) is 26.0 Å². The minimum atomic E-state index is -0.712. The number of carbonyl (C=O) groups excluding carboxylic acids is 1. The van der Waals surface area contributed by atoms with Crippen molar-refractivity contribution in [3.8, 4) is 17.4 Å². The molecule has 3 aromatic heterocycles. The molecule has 0 aliphatic rings. The Morgan fingerprint density at radius 1 is 1.07 bits per heavy atom. The zero-order chi connectivity index (χ0) is 19.0. The Kier molecular flexibility index (Phi) is 4.04. The zero-order valence-corrected chi connectivity index (χ0v) is 14.6. The quantitative estimate of drug-likeness (QED) is 0.513. The lowest BCUT2D eigenvalue weighted by Gasteiger charge is -2.10. The number of esters is 1. The van der Waals surface area contributed by atoms with Crippen LogP contribution in [0.4, 0.5) is 0 Å². The summed E-state index contributed by atoms with van der Waals surface area (Å²) in [4.78, 5) is 32.7. The fraction of sp³-hybridized carbons (Fsp3) is 0.100. The first kappa shape index (κ1) is 16.7. The van der Waals surface area contributed by atoms with E-state index in [1.165, 1.54) is 25.5 Å². The fourth-order valence-corrected chi connectivity index (χ4v) is 2.86. The number of furan rings is 1. The van der Waals surface area contributed by atoms with Gasteiger partial charge in [-0.15, -0.1) is 0 Å². The topological polar surface area (TPSA) is 95.4 Å². The normalized spacial score (nSPS) is 10.9. The van der Waals surface area contributed by atoms with Gasteiger partial charge in [0.2, 0.25) is 5.88 Å². The second-order valence-corrected chi connectivity index (χ2v) is 5.93. The molecule has 0 bridgehead atoms. The van der Waals surface area contributed by atoms with Gasteiger partial charge < -0.3 is 13.6 Å². The summed E-state index contributed by atoms with van der Waals surface area (Å²) in [6.07, 6.45) is 4.18. The van der Waals surface area contributed by atoms with E-state index < -0.39 is 11.6 Å². The number of aromatic nitrogens is 2. The van der Waals surface area contributed by atoms with Gasteiger partial charge in [0.15, 0.2) is 11.5 Å². The Bertz CT molecular complexity index is 1180. The number of carbonyl (C=O) groups is 1. The number of para-hydroxylation sites is 1. The highest BCUT2D eigenvalue weighted by atomic mass is 16.5. The second kappa shape index (κ2) is 6.53. The van der Waals surface area contributed by atoms with Crippen LogP contribution in [0.15, 0.2) is 62.6 Å². The molecular weight excluding hydrogens is 348 g/mol. The molecule has 0 aliphatic carbocycles. The van der Waals surface area contributed by atoms with Crippen LogP contribution in [0, 0.1) is 13.8 Å². The van der Waals surface area contributed by atoms with Gasteiger partial charge in [0, 0.05) is 28.9 Å². The summed E-state index contributed by atoms with van der Waals surface area (Å²) in [7, 11) is 0. The molecule has 0 radical (unpaired) electrons. The van der Waals surface area contributed by atoms with Crippen LogP contribution in [0.2, 0.25) is 0 Å². The lowest BCUT2D eigenvalue weighted by atomic mass is 10.0. The van der Waals surface area contributed by atoms with Crippen LogP contribution in [-0.2, 0) is 0 Å². The average molecular weight is 362 g/mol. The SMILES string of the molecule is Cc1c(-c2cc3ccccc3o2)oc(=O)c(C)c1C(=O)Oc1cnccn1. The number of benzene rings is 1. The van der Waals surface area contributed by atoms with Gasteiger partial charge in [0.05, 0.1) is 11.8 Å². The monoisotopic (exact) mass is 362 g/mol. The molecule has 0 saturated carbocycles. The third-order valence-electron chi connectivity index (χ3n) is 4.18. The van der Waals surface area contributed by atoms with E-state index in [9.17, 15) is 9.59 Å². The van der Waals surface area contributed by atoms with Crippen molar-refractivity contribution in [1.29, 1.82) is 0 Å². The molecule has 134 valence electrons. The van der Waals surface area contributed by atoms with Gasteiger partial charge in [-0.1, -0.05) is 18.2 Å². The first-order chi connectivity index (χ1) is 13.0. The Morgan fingerprint density at radius 3 is 2.63 bits per heavy atom. The Labute approximate surface area is 153 Å². The predicted octanol–water partition coefficient (Wildman–Crippen LogP) is 3.68. The van der Waals surface area contributed by atoms with Crippen LogP contribution < -0.4 is 10.4 Å². The maximum atomic E-state index is 12.7. The summed E-state index contributed by atoms with van der Waals surface area (Å²) in [5.74, 6) is -0.122. The van der Waals surface area contributed by atoms with Crippen molar-refractivity contribution in [1.82, 2.24) is 9.97 Å². The van der Waals surface area contributed by atoms with Gasteiger partial charge in [-0.3, -0.25) is 4.98 Å². The molecule has 3 heterocycles. The molecule has 1 aromatic carbocycles. The summed E-state index contributed by atoms with van der Waals surface area (Å²) in [5.41, 5.74) is 0.731. The third kappa shape index (κ3) is 2.99. The van der Waals surface area contributed by atoms with Crippen LogP contribution in [0.1, 0.15) is 21.5 Å². The van der Waals surface area contributed by atoms with E-state index in [-0.39, 0.29) is 22.8 Å². The van der Waals surface area contributed by atoms with E-state index >= 15 is 0 Å². The molecule has 0 saturated heterocycles. The Morgan fingerprint density at radius 2 is 1.89 bits per heavy atom. The standard InChI is InChI=1S/C20H14N2O5/c1-11-17(20(24)26-16-10-21-7-8-22-16)12(2)19(23)27-18(11)15-9-13-5-3-4-6-14(13)25-15/h3-10H,1-2H3. The summed E-state index contributed by atoms with van der Waals surface area (Å²) < 4.78 is 16.4. The van der Waals surface area contributed by atoms with Crippen molar-refractivity contribution >= 4 is 16.9 Å². The summed E-state index contributed by atoms with van der Waals surface area (Å²) in [6.45, 7) is 3.18. The van der Waals surface area contributed by atoms with Crippen molar-refractivity contribution in [3.05, 3.63) is 76.0 Å². The Balaban J connectivity index is 1.83. The minimum absolute atomic E-state index is 0.0415. The van der Waals surface area contributed by atoms with Crippen LogP contribution in [0.5, 0.6) is 5.88 Å². The summed E-state index contributed by atoms with van der Waals surface area (Å²) in [5, 5.41) is 0.860. The minimum Gasteiger partial charge on any atom is -0.453 e.